The van der Waals surface area contributed by atoms with Gasteiger partial charge in [0.1, 0.15) is 0 Å². The number of hydrogen-bond acceptors (Lipinski definition) is 4. The van der Waals surface area contributed by atoms with Crippen molar-refractivity contribution in [2.24, 2.45) is 0 Å². The van der Waals surface area contributed by atoms with E-state index in [1.54, 1.807) is 0 Å². The first-order valence-electron chi connectivity index (χ1n) is 7.64. The van der Waals surface area contributed by atoms with Gasteiger partial charge in [-0.1, -0.05) is 26.7 Å². The van der Waals surface area contributed by atoms with Crippen LogP contribution >= 0.6 is 0 Å². The van der Waals surface area contributed by atoms with Crippen LogP contribution in [0.2, 0.25) is 0 Å². The topological polar surface area (TPSA) is 13.0 Å². The average Bonchev–Trinajstić information content (AvgIpc) is 3.04. The molecule has 0 aromatic heterocycles. The van der Waals surface area contributed by atoms with Crippen LogP contribution in [0, 0.1) is 0 Å². The van der Waals surface area contributed by atoms with Gasteiger partial charge in [0.2, 0.25) is 0 Å². The molecular weight excluding hydrogens is 236 g/mol. The Morgan fingerprint density at radius 2 is 1.11 bits per heavy atom. The molecule has 4 nitrogen and oxygen atoms in total. The van der Waals surface area contributed by atoms with Gasteiger partial charge in [-0.05, 0) is 12.8 Å². The highest BCUT2D eigenvalue weighted by Crippen LogP contribution is 2.12. The summed E-state index contributed by atoms with van der Waals surface area (Å²) < 4.78 is 0. The fourth-order valence-electron chi connectivity index (χ4n) is 2.46. The molecule has 0 amide bonds. The Morgan fingerprint density at radius 3 is 1.53 bits per heavy atom. The molecule has 0 bridgehead atoms. The molecule has 2 aliphatic rings. The minimum absolute atomic E-state index is 0.998. The van der Waals surface area contributed by atoms with Crippen LogP contribution in [-0.4, -0.2) is 52.7 Å². The van der Waals surface area contributed by atoms with Crippen LogP contribution in [0.5, 0.6) is 0 Å². The number of hydrogen-bond donors (Lipinski definition) is 0. The average molecular weight is 264 g/mol. The monoisotopic (exact) mass is 264 g/mol. The van der Waals surface area contributed by atoms with Gasteiger partial charge in [0, 0.05) is 37.9 Å². The van der Waals surface area contributed by atoms with Crippen molar-refractivity contribution in [2.45, 2.75) is 39.5 Å². The van der Waals surface area contributed by atoms with E-state index >= 15 is 0 Å². The van der Waals surface area contributed by atoms with Crippen LogP contribution in [-0.2, 0) is 0 Å². The molecule has 0 radical (unpaired) electrons. The maximum absolute atomic E-state index is 2.40. The zero-order valence-corrected chi connectivity index (χ0v) is 12.5. The zero-order chi connectivity index (χ0) is 13.5. The summed E-state index contributed by atoms with van der Waals surface area (Å²) in [6, 6.07) is 0. The van der Waals surface area contributed by atoms with Gasteiger partial charge >= 0.3 is 0 Å². The molecule has 2 rings (SSSR count). The van der Waals surface area contributed by atoms with Crippen LogP contribution < -0.4 is 0 Å². The standard InChI is InChI=1S/C15H28N4/c1-3-5-7-16-9-11-18(13-16)15-19-12-10-17(14-19)8-6-4-2/h9-12H,3-8,13-15H2,1-2H3. The van der Waals surface area contributed by atoms with Crippen LogP contribution in [0.25, 0.3) is 0 Å². The van der Waals surface area contributed by atoms with Crippen molar-refractivity contribution in [2.75, 3.05) is 33.1 Å². The minimum Gasteiger partial charge on any atom is -0.359 e. The van der Waals surface area contributed by atoms with Gasteiger partial charge < -0.3 is 19.6 Å². The Hall–Kier alpha value is -1.32. The van der Waals surface area contributed by atoms with Crippen molar-refractivity contribution in [1.82, 2.24) is 19.6 Å². The molecule has 0 atom stereocenters. The molecule has 0 aromatic carbocycles. The van der Waals surface area contributed by atoms with Crippen LogP contribution in [0.3, 0.4) is 0 Å². The molecule has 19 heavy (non-hydrogen) atoms. The second kappa shape index (κ2) is 7.31. The lowest BCUT2D eigenvalue weighted by atomic mass is 10.3. The maximum Gasteiger partial charge on any atom is 0.0927 e. The molecule has 0 spiro atoms. The molecule has 108 valence electrons. The smallest absolute Gasteiger partial charge is 0.0927 e. The van der Waals surface area contributed by atoms with Crippen LogP contribution in [0.1, 0.15) is 39.5 Å². The lowest BCUT2D eigenvalue weighted by molar-refractivity contribution is 0.162. The Bertz CT molecular complexity index is 283. The molecule has 4 heteroatoms. The van der Waals surface area contributed by atoms with E-state index in [0.717, 1.165) is 20.0 Å². The summed E-state index contributed by atoms with van der Waals surface area (Å²) in [5.74, 6) is 0. The molecule has 2 aliphatic heterocycles. The Morgan fingerprint density at radius 1 is 0.684 bits per heavy atom. The molecule has 0 saturated heterocycles. The fourth-order valence-corrected chi connectivity index (χ4v) is 2.46. The largest absolute Gasteiger partial charge is 0.359 e. The fraction of sp³-hybridized carbons (Fsp3) is 0.733. The van der Waals surface area contributed by atoms with Gasteiger partial charge in [-0.3, -0.25) is 0 Å². The Kier molecular flexibility index (Phi) is 5.43. The maximum atomic E-state index is 2.40. The minimum atomic E-state index is 0.998. The van der Waals surface area contributed by atoms with Crippen molar-refractivity contribution >= 4 is 0 Å². The van der Waals surface area contributed by atoms with E-state index in [1.807, 2.05) is 0 Å². The van der Waals surface area contributed by atoms with E-state index in [-0.39, 0.29) is 0 Å². The first kappa shape index (κ1) is 14.1. The summed E-state index contributed by atoms with van der Waals surface area (Å²) in [6.07, 6.45) is 14.0. The van der Waals surface area contributed by atoms with Crippen LogP contribution in [0.15, 0.2) is 24.8 Å². The highest BCUT2D eigenvalue weighted by atomic mass is 15.4. The summed E-state index contributed by atoms with van der Waals surface area (Å²) in [7, 11) is 0. The van der Waals surface area contributed by atoms with E-state index in [9.17, 15) is 0 Å². The predicted octanol–water partition coefficient (Wildman–Crippen LogP) is 2.64. The Labute approximate surface area is 117 Å². The number of rotatable bonds is 8. The summed E-state index contributed by atoms with van der Waals surface area (Å²) in [5.41, 5.74) is 0. The van der Waals surface area contributed by atoms with E-state index in [1.165, 1.54) is 38.8 Å². The molecule has 0 aromatic rings. The van der Waals surface area contributed by atoms with E-state index in [2.05, 4.69) is 58.2 Å². The molecule has 0 aliphatic carbocycles. The third-order valence-electron chi connectivity index (χ3n) is 3.66. The highest BCUT2D eigenvalue weighted by molar-refractivity contribution is 4.94. The highest BCUT2D eigenvalue weighted by Gasteiger charge is 2.17. The Balaban J connectivity index is 1.64. The summed E-state index contributed by atoms with van der Waals surface area (Å²) in [5, 5.41) is 0. The second-order valence-corrected chi connectivity index (χ2v) is 5.53. The molecule has 0 unspecified atom stereocenters. The third-order valence-corrected chi connectivity index (χ3v) is 3.66. The van der Waals surface area contributed by atoms with Crippen molar-refractivity contribution in [1.29, 1.82) is 0 Å². The van der Waals surface area contributed by atoms with Gasteiger partial charge in [-0.25, -0.2) is 0 Å². The van der Waals surface area contributed by atoms with E-state index in [0.29, 0.717) is 0 Å². The zero-order valence-electron chi connectivity index (χ0n) is 12.5. The third kappa shape index (κ3) is 4.37. The van der Waals surface area contributed by atoms with Crippen molar-refractivity contribution in [3.8, 4) is 0 Å². The second-order valence-electron chi connectivity index (χ2n) is 5.53. The first-order chi connectivity index (χ1) is 9.31. The summed E-state index contributed by atoms with van der Waals surface area (Å²) in [6.45, 7) is 9.94. The lowest BCUT2D eigenvalue weighted by Gasteiger charge is -2.27. The van der Waals surface area contributed by atoms with Crippen LogP contribution in [0.4, 0.5) is 0 Å². The SMILES string of the molecule is CCCCN1C=CN(CN2C=CN(CCCC)C2)C1. The normalized spacial score (nSPS) is 18.2. The summed E-state index contributed by atoms with van der Waals surface area (Å²) in [4.78, 5) is 9.56. The molecular formula is C15H28N4. The van der Waals surface area contributed by atoms with Gasteiger partial charge in [-0.15, -0.1) is 0 Å². The quantitative estimate of drug-likeness (QED) is 0.668. The van der Waals surface area contributed by atoms with E-state index < -0.39 is 0 Å². The predicted molar refractivity (Wildman–Crippen MR) is 79.8 cm³/mol. The molecule has 0 saturated carbocycles. The summed E-state index contributed by atoms with van der Waals surface area (Å²) >= 11 is 0. The van der Waals surface area contributed by atoms with Gasteiger partial charge in [-0.2, -0.15) is 0 Å². The number of nitrogens with zero attached hydrogens (tertiary/aromatic N) is 4. The van der Waals surface area contributed by atoms with Gasteiger partial charge in [0.25, 0.3) is 0 Å². The first-order valence-corrected chi connectivity index (χ1v) is 7.64. The molecule has 0 N–H and O–H groups in total. The van der Waals surface area contributed by atoms with Gasteiger partial charge in [0.05, 0.1) is 20.0 Å². The van der Waals surface area contributed by atoms with Gasteiger partial charge in [0.15, 0.2) is 0 Å². The van der Waals surface area contributed by atoms with E-state index in [4.69, 9.17) is 0 Å². The van der Waals surface area contributed by atoms with Crippen molar-refractivity contribution < 1.29 is 0 Å². The lowest BCUT2D eigenvalue weighted by Crippen LogP contribution is -2.36. The van der Waals surface area contributed by atoms with Crippen molar-refractivity contribution in [3.63, 3.8) is 0 Å². The molecule has 0 fully saturated rings. The number of unbranched alkanes of at least 4 members (excludes halogenated alkanes) is 2. The van der Waals surface area contributed by atoms with Crippen molar-refractivity contribution in [3.05, 3.63) is 24.8 Å². The molecule has 2 heterocycles.